The molecule has 0 heterocycles. The van der Waals surface area contributed by atoms with Crippen molar-refractivity contribution < 1.29 is 14.3 Å². The van der Waals surface area contributed by atoms with E-state index < -0.39 is 0 Å². The molecule has 0 aromatic heterocycles. The number of nitrogens with one attached hydrogen (secondary N) is 2. The molecule has 0 aliphatic heterocycles. The average molecular weight is 450 g/mol. The van der Waals surface area contributed by atoms with E-state index >= 15 is 0 Å². The summed E-state index contributed by atoms with van der Waals surface area (Å²) in [5, 5.41) is 7.21. The van der Waals surface area contributed by atoms with E-state index in [1.54, 1.807) is 24.3 Å². The summed E-state index contributed by atoms with van der Waals surface area (Å²) >= 11 is 5.89. The fourth-order valence-electron chi connectivity index (χ4n) is 2.81. The lowest BCUT2D eigenvalue weighted by Crippen LogP contribution is -2.20. The average Bonchev–Trinajstić information content (AvgIpc) is 2.78. The van der Waals surface area contributed by atoms with Crippen molar-refractivity contribution in [2.75, 3.05) is 5.32 Å². The minimum absolute atomic E-state index is 0.00924. The predicted molar refractivity (Wildman–Crippen MR) is 127 cm³/mol. The fraction of sp³-hybridized carbons (Fsp3) is 0.160. The molecule has 0 saturated heterocycles. The highest BCUT2D eigenvalue weighted by atomic mass is 35.5. The smallest absolute Gasteiger partial charge is 0.240 e. The van der Waals surface area contributed by atoms with Gasteiger partial charge in [0.1, 0.15) is 12.4 Å². The molecule has 2 amide bonds. The standard InChI is InChI=1S/C25H24ClN3O3/c1-18-9-11-19(12-10-18)17-32-23-8-3-2-5-20(23)16-27-29-25(31)14-13-24(30)28-22-7-4-6-21(26)15-22/h2-12,15-16H,13-14,17H2,1H3,(H,28,30)(H,29,31). The van der Waals surface area contributed by atoms with Crippen molar-refractivity contribution in [3.8, 4) is 5.75 Å². The number of hydrogen-bond acceptors (Lipinski definition) is 4. The van der Waals surface area contributed by atoms with Crippen molar-refractivity contribution in [1.82, 2.24) is 5.43 Å². The molecule has 0 fully saturated rings. The summed E-state index contributed by atoms with van der Waals surface area (Å²) in [5.74, 6) is 0.0220. The zero-order valence-corrected chi connectivity index (χ0v) is 18.4. The van der Waals surface area contributed by atoms with Crippen molar-refractivity contribution in [1.29, 1.82) is 0 Å². The third-order valence-electron chi connectivity index (χ3n) is 4.51. The molecule has 0 atom stereocenters. The molecular weight excluding hydrogens is 426 g/mol. The largest absolute Gasteiger partial charge is 0.488 e. The molecule has 0 radical (unpaired) electrons. The maximum Gasteiger partial charge on any atom is 0.240 e. The van der Waals surface area contributed by atoms with Gasteiger partial charge in [0, 0.05) is 29.1 Å². The monoisotopic (exact) mass is 449 g/mol. The summed E-state index contributed by atoms with van der Waals surface area (Å²) in [4.78, 5) is 24.0. The van der Waals surface area contributed by atoms with Crippen LogP contribution in [0, 0.1) is 6.92 Å². The van der Waals surface area contributed by atoms with Crippen LogP contribution in [0.2, 0.25) is 5.02 Å². The quantitative estimate of drug-likeness (QED) is 0.352. The normalized spacial score (nSPS) is 10.7. The molecule has 0 bridgehead atoms. The Bertz CT molecular complexity index is 1100. The Morgan fingerprint density at radius 3 is 2.50 bits per heavy atom. The van der Waals surface area contributed by atoms with E-state index in [4.69, 9.17) is 16.3 Å². The summed E-state index contributed by atoms with van der Waals surface area (Å²) < 4.78 is 5.90. The van der Waals surface area contributed by atoms with Crippen LogP contribution in [0.4, 0.5) is 5.69 Å². The molecule has 3 aromatic carbocycles. The Balaban J connectivity index is 1.46. The summed E-state index contributed by atoms with van der Waals surface area (Å²) in [6.45, 7) is 2.47. The second kappa shape index (κ2) is 11.7. The molecule has 0 unspecified atom stereocenters. The molecule has 32 heavy (non-hydrogen) atoms. The van der Waals surface area contributed by atoms with Crippen molar-refractivity contribution in [2.45, 2.75) is 26.4 Å². The van der Waals surface area contributed by atoms with Gasteiger partial charge in [0.05, 0.1) is 6.21 Å². The van der Waals surface area contributed by atoms with Gasteiger partial charge in [0.25, 0.3) is 0 Å². The lowest BCUT2D eigenvalue weighted by atomic mass is 10.1. The first-order chi connectivity index (χ1) is 15.5. The van der Waals surface area contributed by atoms with Crippen LogP contribution in [0.25, 0.3) is 0 Å². The highest BCUT2D eigenvalue weighted by Gasteiger charge is 2.07. The molecule has 0 spiro atoms. The number of halogens is 1. The maximum absolute atomic E-state index is 12.0. The molecule has 164 valence electrons. The Morgan fingerprint density at radius 2 is 1.72 bits per heavy atom. The second-order valence-electron chi connectivity index (χ2n) is 7.16. The van der Waals surface area contributed by atoms with E-state index in [0.29, 0.717) is 23.1 Å². The Morgan fingerprint density at radius 1 is 0.969 bits per heavy atom. The first kappa shape index (κ1) is 23.0. The molecule has 0 aliphatic rings. The number of rotatable bonds is 9. The molecule has 3 rings (SSSR count). The van der Waals surface area contributed by atoms with Crippen LogP contribution < -0.4 is 15.5 Å². The number of benzene rings is 3. The summed E-state index contributed by atoms with van der Waals surface area (Å²) in [6.07, 6.45) is 1.56. The first-order valence-corrected chi connectivity index (χ1v) is 10.5. The highest BCUT2D eigenvalue weighted by molar-refractivity contribution is 6.30. The number of hydrazone groups is 1. The lowest BCUT2D eigenvalue weighted by Gasteiger charge is -2.09. The van der Waals surface area contributed by atoms with E-state index in [2.05, 4.69) is 15.8 Å². The van der Waals surface area contributed by atoms with Gasteiger partial charge in [0.2, 0.25) is 11.8 Å². The van der Waals surface area contributed by atoms with Crippen molar-refractivity contribution in [3.05, 3.63) is 94.5 Å². The van der Waals surface area contributed by atoms with Crippen LogP contribution >= 0.6 is 11.6 Å². The third kappa shape index (κ3) is 7.56. The Labute approximate surface area is 192 Å². The first-order valence-electron chi connectivity index (χ1n) is 10.1. The number of hydrogen-bond donors (Lipinski definition) is 2. The van der Waals surface area contributed by atoms with E-state index in [-0.39, 0.29) is 24.7 Å². The number of carbonyl (C=O) groups is 2. The molecule has 0 saturated carbocycles. The van der Waals surface area contributed by atoms with Crippen LogP contribution in [-0.2, 0) is 16.2 Å². The molecule has 6 nitrogen and oxygen atoms in total. The summed E-state index contributed by atoms with van der Waals surface area (Å²) in [5.41, 5.74) is 6.02. The zero-order valence-electron chi connectivity index (χ0n) is 17.7. The number of para-hydroxylation sites is 1. The van der Waals surface area contributed by atoms with Crippen LogP contribution in [0.5, 0.6) is 5.75 Å². The predicted octanol–water partition coefficient (Wildman–Crippen LogP) is 5.10. The Hall–Kier alpha value is -3.64. The number of aryl methyl sites for hydroxylation is 1. The van der Waals surface area contributed by atoms with Gasteiger partial charge in [0.15, 0.2) is 0 Å². The SMILES string of the molecule is Cc1ccc(COc2ccccc2C=NNC(=O)CCC(=O)Nc2cccc(Cl)c2)cc1. The zero-order chi connectivity index (χ0) is 22.8. The van der Waals surface area contributed by atoms with Gasteiger partial charge < -0.3 is 10.1 Å². The van der Waals surface area contributed by atoms with E-state index in [9.17, 15) is 9.59 Å². The number of nitrogens with zero attached hydrogens (tertiary/aromatic N) is 1. The number of anilines is 1. The molecule has 0 aliphatic carbocycles. The van der Waals surface area contributed by atoms with Crippen LogP contribution in [-0.4, -0.2) is 18.0 Å². The van der Waals surface area contributed by atoms with Crippen molar-refractivity contribution >= 4 is 35.3 Å². The van der Waals surface area contributed by atoms with Gasteiger partial charge in [-0.3, -0.25) is 9.59 Å². The van der Waals surface area contributed by atoms with E-state index in [0.717, 1.165) is 11.1 Å². The molecule has 3 aromatic rings. The van der Waals surface area contributed by atoms with Crippen molar-refractivity contribution in [3.63, 3.8) is 0 Å². The highest BCUT2D eigenvalue weighted by Crippen LogP contribution is 2.18. The minimum atomic E-state index is -0.361. The van der Waals surface area contributed by atoms with Gasteiger partial charge in [-0.25, -0.2) is 5.43 Å². The third-order valence-corrected chi connectivity index (χ3v) is 4.75. The minimum Gasteiger partial charge on any atom is -0.488 e. The van der Waals surface area contributed by atoms with Crippen LogP contribution in [0.1, 0.15) is 29.5 Å². The number of amides is 2. The van der Waals surface area contributed by atoms with Crippen molar-refractivity contribution in [2.24, 2.45) is 5.10 Å². The van der Waals surface area contributed by atoms with E-state index in [1.807, 2.05) is 55.5 Å². The van der Waals surface area contributed by atoms with Gasteiger partial charge >= 0.3 is 0 Å². The second-order valence-corrected chi connectivity index (χ2v) is 7.60. The van der Waals surface area contributed by atoms with Gasteiger partial charge in [-0.15, -0.1) is 0 Å². The number of ether oxygens (including phenoxy) is 1. The fourth-order valence-corrected chi connectivity index (χ4v) is 3.00. The van der Waals surface area contributed by atoms with Gasteiger partial charge in [-0.1, -0.05) is 59.6 Å². The van der Waals surface area contributed by atoms with E-state index in [1.165, 1.54) is 11.8 Å². The molecule has 2 N–H and O–H groups in total. The van der Waals surface area contributed by atoms with Gasteiger partial charge in [-0.05, 0) is 42.8 Å². The van der Waals surface area contributed by atoms with Crippen LogP contribution in [0.15, 0.2) is 77.9 Å². The number of carbonyl (C=O) groups excluding carboxylic acids is 2. The Kier molecular flexibility index (Phi) is 8.40. The summed E-state index contributed by atoms with van der Waals surface area (Å²) in [7, 11) is 0. The molecule has 7 heteroatoms. The van der Waals surface area contributed by atoms with Gasteiger partial charge in [-0.2, -0.15) is 5.10 Å². The molecular formula is C25H24ClN3O3. The van der Waals surface area contributed by atoms with Crippen LogP contribution in [0.3, 0.4) is 0 Å². The topological polar surface area (TPSA) is 79.8 Å². The summed E-state index contributed by atoms with van der Waals surface area (Å²) in [6, 6.07) is 22.4. The maximum atomic E-state index is 12.0. The lowest BCUT2D eigenvalue weighted by molar-refractivity contribution is -0.124.